The molecule has 2 aromatic rings. The van der Waals surface area contributed by atoms with E-state index in [0.717, 1.165) is 57.1 Å². The van der Waals surface area contributed by atoms with Gasteiger partial charge in [0.1, 0.15) is 12.4 Å². The van der Waals surface area contributed by atoms with Crippen molar-refractivity contribution in [1.82, 2.24) is 24.7 Å². The maximum Gasteiger partial charge on any atom is 0.318 e. The summed E-state index contributed by atoms with van der Waals surface area (Å²) in [6.07, 6.45) is 4.83. The molecule has 5 heterocycles. The fraction of sp³-hybridized carbons (Fsp3) is 0.581. The van der Waals surface area contributed by atoms with Gasteiger partial charge in [-0.25, -0.2) is 0 Å². The number of fused-ring (bicyclic) bond motifs is 2. The Morgan fingerprint density at radius 2 is 1.90 bits per heavy atom. The van der Waals surface area contributed by atoms with E-state index in [9.17, 15) is 4.79 Å². The zero-order chi connectivity index (χ0) is 28.0. The summed E-state index contributed by atoms with van der Waals surface area (Å²) < 4.78 is 6.31. The van der Waals surface area contributed by atoms with E-state index in [2.05, 4.69) is 72.3 Å². The molecule has 0 bridgehead atoms. The molecule has 2 fully saturated rings. The van der Waals surface area contributed by atoms with Gasteiger partial charge in [-0.15, -0.1) is 0 Å². The second kappa shape index (κ2) is 10.7. The van der Waals surface area contributed by atoms with E-state index in [1.807, 2.05) is 4.90 Å². The van der Waals surface area contributed by atoms with Gasteiger partial charge in [0, 0.05) is 56.6 Å². The quantitative estimate of drug-likeness (QED) is 0.514. The highest BCUT2D eigenvalue weighted by molar-refractivity contribution is 5.87. The number of carbonyl (C=O) groups excluding carboxylic acids is 1. The van der Waals surface area contributed by atoms with Crippen LogP contribution in [0.2, 0.25) is 0 Å². The number of hydrogen-bond acceptors (Lipinski definition) is 8. The molecule has 2 saturated heterocycles. The van der Waals surface area contributed by atoms with Crippen molar-refractivity contribution in [2.45, 2.75) is 57.8 Å². The molecule has 0 spiro atoms. The van der Waals surface area contributed by atoms with E-state index < -0.39 is 0 Å². The molecule has 1 atom stereocenters. The minimum atomic E-state index is -0.311. The number of aromatic nitrogens is 2. The second-order valence-corrected chi connectivity index (χ2v) is 12.3. The molecule has 0 radical (unpaired) electrons. The number of amides is 1. The number of likely N-dealkylation sites (N-methyl/N-ethyl adjacent to an activating group) is 2. The topological polar surface area (TPSA) is 68.3 Å². The molecule has 4 aliphatic heterocycles. The Labute approximate surface area is 238 Å². The molecule has 6 rings (SSSR count). The van der Waals surface area contributed by atoms with Gasteiger partial charge in [-0.3, -0.25) is 4.79 Å². The molecule has 9 nitrogen and oxygen atoms in total. The average Bonchev–Trinajstić information content (AvgIpc) is 3.49. The van der Waals surface area contributed by atoms with E-state index in [1.165, 1.54) is 34.9 Å². The van der Waals surface area contributed by atoms with Crippen LogP contribution < -0.4 is 14.5 Å². The number of hydrogen-bond donors (Lipinski definition) is 0. The standard InChI is InChI=1S/C31H43N7O2/c1-6-27(39)36-15-17-37(18-16-36)29-28-25(32-30(33-29)40-21-23-10-8-13-35(23)5)20-38(31(28,2)3)26-11-7-9-22-12-14-34(4)19-24(22)26/h6-7,9,11,23H,1,8,10,12-21H2,2-5H3/t23-/m0/s1. The Balaban J connectivity index is 1.35. The van der Waals surface area contributed by atoms with Crippen LogP contribution in [0.5, 0.6) is 6.01 Å². The van der Waals surface area contributed by atoms with Crippen molar-refractivity contribution < 1.29 is 9.53 Å². The zero-order valence-corrected chi connectivity index (χ0v) is 24.5. The molecular weight excluding hydrogens is 502 g/mol. The number of likely N-dealkylation sites (tertiary alicyclic amines) is 1. The fourth-order valence-corrected chi connectivity index (χ4v) is 6.95. The molecule has 9 heteroatoms. The highest BCUT2D eigenvalue weighted by atomic mass is 16.5. The van der Waals surface area contributed by atoms with Crippen molar-refractivity contribution in [2.24, 2.45) is 0 Å². The molecule has 0 unspecified atom stereocenters. The van der Waals surface area contributed by atoms with Crippen molar-refractivity contribution in [1.29, 1.82) is 0 Å². The number of rotatable bonds is 6. The third-order valence-electron chi connectivity index (χ3n) is 9.41. The van der Waals surface area contributed by atoms with Crippen LogP contribution in [0.1, 0.15) is 49.1 Å². The monoisotopic (exact) mass is 545 g/mol. The van der Waals surface area contributed by atoms with Crippen molar-refractivity contribution in [3.05, 3.63) is 53.2 Å². The molecule has 4 aliphatic rings. The lowest BCUT2D eigenvalue weighted by atomic mass is 9.92. The molecule has 1 aromatic carbocycles. The Hall–Kier alpha value is -3.17. The predicted octanol–water partition coefficient (Wildman–Crippen LogP) is 3.03. The molecule has 0 N–H and O–H groups in total. The first-order chi connectivity index (χ1) is 19.3. The van der Waals surface area contributed by atoms with Gasteiger partial charge in [0.2, 0.25) is 5.91 Å². The first-order valence-corrected chi connectivity index (χ1v) is 14.7. The molecule has 0 aliphatic carbocycles. The maximum absolute atomic E-state index is 12.3. The number of anilines is 2. The van der Waals surface area contributed by atoms with E-state index in [-0.39, 0.29) is 11.4 Å². The lowest BCUT2D eigenvalue weighted by Gasteiger charge is -2.40. The van der Waals surface area contributed by atoms with Crippen LogP contribution in [0.25, 0.3) is 0 Å². The normalized spacial score (nSPS) is 22.8. The fourth-order valence-electron chi connectivity index (χ4n) is 6.95. The van der Waals surface area contributed by atoms with Crippen LogP contribution >= 0.6 is 0 Å². The van der Waals surface area contributed by atoms with Gasteiger partial charge in [0.15, 0.2) is 0 Å². The predicted molar refractivity (Wildman–Crippen MR) is 158 cm³/mol. The first-order valence-electron chi connectivity index (χ1n) is 14.7. The van der Waals surface area contributed by atoms with E-state index in [0.29, 0.717) is 38.3 Å². The SMILES string of the molecule is C=CC(=O)N1CCN(c2nc(OC[C@@H]3CCCN3C)nc3c2C(C)(C)N(c2cccc4c2CN(C)CC4)C3)CC1. The number of piperazine rings is 1. The Bertz CT molecular complexity index is 1290. The van der Waals surface area contributed by atoms with Gasteiger partial charge in [-0.05, 0) is 77.0 Å². The van der Waals surface area contributed by atoms with Crippen LogP contribution in [0.3, 0.4) is 0 Å². The van der Waals surface area contributed by atoms with Crippen LogP contribution in [-0.4, -0.2) is 96.6 Å². The molecule has 40 heavy (non-hydrogen) atoms. The van der Waals surface area contributed by atoms with E-state index >= 15 is 0 Å². The van der Waals surface area contributed by atoms with Gasteiger partial charge in [0.25, 0.3) is 0 Å². The van der Waals surface area contributed by atoms with Gasteiger partial charge in [0.05, 0.1) is 17.8 Å². The molecule has 1 aromatic heterocycles. The summed E-state index contributed by atoms with van der Waals surface area (Å²) in [5.41, 5.74) is 6.05. The molecule has 214 valence electrons. The summed E-state index contributed by atoms with van der Waals surface area (Å²) >= 11 is 0. The van der Waals surface area contributed by atoms with Crippen LogP contribution in [0.15, 0.2) is 30.9 Å². The third-order valence-corrected chi connectivity index (χ3v) is 9.41. The number of ether oxygens (including phenoxy) is 1. The zero-order valence-electron chi connectivity index (χ0n) is 24.5. The van der Waals surface area contributed by atoms with Crippen molar-refractivity contribution >= 4 is 17.4 Å². The van der Waals surface area contributed by atoms with Gasteiger partial charge >= 0.3 is 6.01 Å². The van der Waals surface area contributed by atoms with Crippen molar-refractivity contribution in [3.63, 3.8) is 0 Å². The lowest BCUT2D eigenvalue weighted by Crippen LogP contribution is -2.49. The second-order valence-electron chi connectivity index (χ2n) is 12.3. The largest absolute Gasteiger partial charge is 0.462 e. The Morgan fingerprint density at radius 3 is 2.62 bits per heavy atom. The van der Waals surface area contributed by atoms with Crippen LogP contribution in [0, 0.1) is 0 Å². The Kier molecular flexibility index (Phi) is 7.21. The average molecular weight is 546 g/mol. The highest BCUT2D eigenvalue weighted by Crippen LogP contribution is 2.47. The highest BCUT2D eigenvalue weighted by Gasteiger charge is 2.44. The number of benzene rings is 1. The smallest absolute Gasteiger partial charge is 0.318 e. The summed E-state index contributed by atoms with van der Waals surface area (Å²) in [6, 6.07) is 7.61. The van der Waals surface area contributed by atoms with Crippen LogP contribution in [0.4, 0.5) is 11.5 Å². The number of nitrogens with zero attached hydrogens (tertiary/aromatic N) is 7. The van der Waals surface area contributed by atoms with Gasteiger partial charge in [-0.2, -0.15) is 9.97 Å². The minimum absolute atomic E-state index is 0.0115. The van der Waals surface area contributed by atoms with Crippen LogP contribution in [-0.2, 0) is 29.8 Å². The number of carbonyl (C=O) groups is 1. The van der Waals surface area contributed by atoms with Gasteiger partial charge < -0.3 is 29.2 Å². The summed E-state index contributed by atoms with van der Waals surface area (Å²) in [4.78, 5) is 33.9. The maximum atomic E-state index is 12.3. The van der Waals surface area contributed by atoms with Crippen molar-refractivity contribution in [2.75, 3.05) is 69.8 Å². The van der Waals surface area contributed by atoms with E-state index in [1.54, 1.807) is 0 Å². The summed E-state index contributed by atoms with van der Waals surface area (Å²) in [5.74, 6) is 0.933. The minimum Gasteiger partial charge on any atom is -0.462 e. The third kappa shape index (κ3) is 4.83. The molecule has 0 saturated carbocycles. The summed E-state index contributed by atoms with van der Waals surface area (Å²) in [7, 11) is 4.37. The summed E-state index contributed by atoms with van der Waals surface area (Å²) in [5, 5.41) is 0. The molecular formula is C31H43N7O2. The molecule has 1 amide bonds. The Morgan fingerprint density at radius 1 is 1.10 bits per heavy atom. The lowest BCUT2D eigenvalue weighted by molar-refractivity contribution is -0.126. The summed E-state index contributed by atoms with van der Waals surface area (Å²) in [6.45, 7) is 15.5. The van der Waals surface area contributed by atoms with E-state index in [4.69, 9.17) is 14.7 Å². The van der Waals surface area contributed by atoms with Gasteiger partial charge in [-0.1, -0.05) is 18.7 Å². The van der Waals surface area contributed by atoms with Crippen molar-refractivity contribution in [3.8, 4) is 6.01 Å². The first kappa shape index (κ1) is 27.0.